The molecule has 0 radical (unpaired) electrons. The first-order chi connectivity index (χ1) is 4.63. The maximum absolute atomic E-state index is 11.3. The number of nitrogens with zero attached hydrogens (tertiary/aromatic N) is 1. The van der Waals surface area contributed by atoms with Gasteiger partial charge < -0.3 is 4.90 Å². The maximum Gasteiger partial charge on any atom is 0.225 e. The lowest BCUT2D eigenvalue weighted by Gasteiger charge is -2.15. The van der Waals surface area contributed by atoms with E-state index in [-0.39, 0.29) is 11.8 Å². The van der Waals surface area contributed by atoms with Gasteiger partial charge in [0, 0.05) is 20.0 Å². The zero-order valence-electron chi connectivity index (χ0n) is 6.92. The Bertz CT molecular complexity index is 138. The van der Waals surface area contributed by atoms with Gasteiger partial charge in [0.25, 0.3) is 0 Å². The van der Waals surface area contributed by atoms with Crippen molar-refractivity contribution in [3.63, 3.8) is 0 Å². The minimum Gasteiger partial charge on any atom is -0.349 e. The second-order valence-corrected chi connectivity index (χ2v) is 3.36. The van der Waals surface area contributed by atoms with Crippen LogP contribution in [0.15, 0.2) is 0 Å². The van der Waals surface area contributed by atoms with Crippen molar-refractivity contribution in [1.29, 1.82) is 0 Å². The Morgan fingerprint density at radius 1 is 1.50 bits per heavy atom. The molecular weight excluding hydrogens is 126 g/mol. The number of carbonyl (C=O) groups excluding carboxylic acids is 1. The topological polar surface area (TPSA) is 20.3 Å². The van der Waals surface area contributed by atoms with Crippen LogP contribution >= 0.6 is 0 Å². The molecule has 10 heavy (non-hydrogen) atoms. The van der Waals surface area contributed by atoms with E-state index in [1.807, 2.05) is 21.0 Å². The Hall–Kier alpha value is -0.530. The van der Waals surface area contributed by atoms with E-state index in [2.05, 4.69) is 0 Å². The Balaban J connectivity index is 2.38. The van der Waals surface area contributed by atoms with Gasteiger partial charge in [-0.1, -0.05) is 6.92 Å². The molecule has 1 saturated carbocycles. The molecule has 0 aromatic carbocycles. The van der Waals surface area contributed by atoms with Gasteiger partial charge >= 0.3 is 0 Å². The summed E-state index contributed by atoms with van der Waals surface area (Å²) in [7, 11) is 3.64. The van der Waals surface area contributed by atoms with Crippen LogP contribution in [0.1, 0.15) is 19.8 Å². The molecule has 0 saturated heterocycles. The molecule has 0 bridgehead atoms. The van der Waals surface area contributed by atoms with Crippen molar-refractivity contribution in [2.45, 2.75) is 19.8 Å². The third-order valence-corrected chi connectivity index (χ3v) is 2.16. The van der Waals surface area contributed by atoms with Gasteiger partial charge in [-0.2, -0.15) is 0 Å². The molecule has 1 fully saturated rings. The molecule has 1 atom stereocenters. The van der Waals surface area contributed by atoms with Gasteiger partial charge in [0.15, 0.2) is 0 Å². The van der Waals surface area contributed by atoms with E-state index in [0.29, 0.717) is 5.92 Å². The van der Waals surface area contributed by atoms with E-state index in [0.717, 1.165) is 0 Å². The van der Waals surface area contributed by atoms with Gasteiger partial charge in [0.05, 0.1) is 0 Å². The molecule has 0 N–H and O–H groups in total. The van der Waals surface area contributed by atoms with Crippen LogP contribution in [0.5, 0.6) is 0 Å². The van der Waals surface area contributed by atoms with Gasteiger partial charge in [-0.15, -0.1) is 0 Å². The van der Waals surface area contributed by atoms with Crippen molar-refractivity contribution < 1.29 is 4.79 Å². The zero-order chi connectivity index (χ0) is 7.72. The van der Waals surface area contributed by atoms with Gasteiger partial charge in [0.2, 0.25) is 5.91 Å². The van der Waals surface area contributed by atoms with Crippen molar-refractivity contribution in [2.24, 2.45) is 11.8 Å². The first kappa shape index (κ1) is 7.58. The molecule has 0 spiro atoms. The second-order valence-electron chi connectivity index (χ2n) is 3.36. The predicted molar refractivity (Wildman–Crippen MR) is 40.6 cm³/mol. The van der Waals surface area contributed by atoms with E-state index in [1.54, 1.807) is 4.90 Å². The fourth-order valence-electron chi connectivity index (χ4n) is 1.21. The summed E-state index contributed by atoms with van der Waals surface area (Å²) in [6.07, 6.45) is 2.50. The van der Waals surface area contributed by atoms with Gasteiger partial charge in [-0.05, 0) is 18.8 Å². The lowest BCUT2D eigenvalue weighted by Crippen LogP contribution is -2.28. The number of carbonyl (C=O) groups is 1. The average molecular weight is 141 g/mol. The van der Waals surface area contributed by atoms with Gasteiger partial charge in [-0.25, -0.2) is 0 Å². The molecule has 0 aliphatic heterocycles. The lowest BCUT2D eigenvalue weighted by atomic mass is 10.1. The quantitative estimate of drug-likeness (QED) is 0.564. The molecule has 2 heteroatoms. The Morgan fingerprint density at radius 3 is 2.30 bits per heavy atom. The summed E-state index contributed by atoms with van der Waals surface area (Å²) in [4.78, 5) is 12.9. The minimum absolute atomic E-state index is 0.259. The highest BCUT2D eigenvalue weighted by Crippen LogP contribution is 2.37. The maximum atomic E-state index is 11.3. The van der Waals surface area contributed by atoms with Crippen LogP contribution in [0.2, 0.25) is 0 Å². The molecule has 0 aromatic heterocycles. The first-order valence-corrected chi connectivity index (χ1v) is 3.84. The number of rotatable bonds is 2. The fourth-order valence-corrected chi connectivity index (χ4v) is 1.21. The van der Waals surface area contributed by atoms with Crippen LogP contribution in [0, 0.1) is 11.8 Å². The van der Waals surface area contributed by atoms with Crippen LogP contribution in [0.4, 0.5) is 0 Å². The molecule has 1 unspecified atom stereocenters. The summed E-state index contributed by atoms with van der Waals surface area (Å²) in [6, 6.07) is 0. The van der Waals surface area contributed by atoms with Crippen molar-refractivity contribution in [3.8, 4) is 0 Å². The molecule has 0 aromatic rings. The van der Waals surface area contributed by atoms with E-state index in [1.165, 1.54) is 12.8 Å². The minimum atomic E-state index is 0.259. The summed E-state index contributed by atoms with van der Waals surface area (Å²) in [5.74, 6) is 1.23. The average Bonchev–Trinajstić information content (AvgIpc) is 2.65. The van der Waals surface area contributed by atoms with Crippen molar-refractivity contribution in [1.82, 2.24) is 4.90 Å². The molecular formula is C8H15NO. The third-order valence-electron chi connectivity index (χ3n) is 2.16. The van der Waals surface area contributed by atoms with E-state index >= 15 is 0 Å². The molecule has 1 aliphatic rings. The zero-order valence-corrected chi connectivity index (χ0v) is 6.92. The normalized spacial score (nSPS) is 20.3. The number of hydrogen-bond acceptors (Lipinski definition) is 1. The van der Waals surface area contributed by atoms with E-state index in [4.69, 9.17) is 0 Å². The summed E-state index contributed by atoms with van der Waals surface area (Å²) in [6.45, 7) is 2.03. The van der Waals surface area contributed by atoms with Crippen LogP contribution in [0.3, 0.4) is 0 Å². The monoisotopic (exact) mass is 141 g/mol. The van der Waals surface area contributed by atoms with Crippen molar-refractivity contribution in [3.05, 3.63) is 0 Å². The van der Waals surface area contributed by atoms with Crippen LogP contribution in [0.25, 0.3) is 0 Å². The standard InChI is InChI=1S/C8H15NO/c1-6(7-4-5-7)8(10)9(2)3/h6-7H,4-5H2,1-3H3. The van der Waals surface area contributed by atoms with Crippen LogP contribution in [-0.4, -0.2) is 24.9 Å². The van der Waals surface area contributed by atoms with E-state index < -0.39 is 0 Å². The Kier molecular flexibility index (Phi) is 1.97. The summed E-state index contributed by atoms with van der Waals surface area (Å²) in [5.41, 5.74) is 0. The van der Waals surface area contributed by atoms with Crippen molar-refractivity contribution in [2.75, 3.05) is 14.1 Å². The summed E-state index contributed by atoms with van der Waals surface area (Å²) >= 11 is 0. The molecule has 1 rings (SSSR count). The number of hydrogen-bond donors (Lipinski definition) is 0. The highest BCUT2D eigenvalue weighted by Gasteiger charge is 2.33. The molecule has 1 aliphatic carbocycles. The SMILES string of the molecule is CC(C(=O)N(C)C)C1CC1. The fraction of sp³-hybridized carbons (Fsp3) is 0.875. The smallest absolute Gasteiger partial charge is 0.225 e. The van der Waals surface area contributed by atoms with Gasteiger partial charge in [-0.3, -0.25) is 4.79 Å². The van der Waals surface area contributed by atoms with E-state index in [9.17, 15) is 4.79 Å². The summed E-state index contributed by atoms with van der Waals surface area (Å²) < 4.78 is 0. The molecule has 0 heterocycles. The first-order valence-electron chi connectivity index (χ1n) is 3.84. The Labute approximate surface area is 62.2 Å². The number of amides is 1. The van der Waals surface area contributed by atoms with Crippen LogP contribution in [-0.2, 0) is 4.79 Å². The molecule has 58 valence electrons. The third kappa shape index (κ3) is 1.49. The van der Waals surface area contributed by atoms with Gasteiger partial charge in [0.1, 0.15) is 0 Å². The highest BCUT2D eigenvalue weighted by atomic mass is 16.2. The highest BCUT2D eigenvalue weighted by molar-refractivity contribution is 5.78. The molecule has 1 amide bonds. The predicted octanol–water partition coefficient (Wildman–Crippen LogP) is 1.12. The summed E-state index contributed by atoms with van der Waals surface area (Å²) in [5, 5.41) is 0. The second kappa shape index (κ2) is 2.60. The van der Waals surface area contributed by atoms with Crippen molar-refractivity contribution >= 4 is 5.91 Å². The van der Waals surface area contributed by atoms with Crippen LogP contribution < -0.4 is 0 Å². The lowest BCUT2D eigenvalue weighted by molar-refractivity contribution is -0.133. The Morgan fingerprint density at radius 2 is 2.00 bits per heavy atom. The largest absolute Gasteiger partial charge is 0.349 e. The molecule has 2 nitrogen and oxygen atoms in total.